The van der Waals surface area contributed by atoms with Gasteiger partial charge in [0.15, 0.2) is 34.8 Å². The third-order valence-electron chi connectivity index (χ3n) is 23.3. The van der Waals surface area contributed by atoms with E-state index in [0.717, 1.165) is 167 Å². The van der Waals surface area contributed by atoms with Crippen LogP contribution >= 0.6 is 43.5 Å². The summed E-state index contributed by atoms with van der Waals surface area (Å²) < 4.78 is 27.6. The molecule has 7 aliphatic rings. The average molecular weight is 1860 g/mol. The van der Waals surface area contributed by atoms with E-state index in [0.29, 0.717) is 80.3 Å². The number of fused-ring (bicyclic) bond motifs is 6. The highest BCUT2D eigenvalue weighted by Gasteiger charge is 2.42. The second kappa shape index (κ2) is 41.4. The molecule has 0 amide bonds. The van der Waals surface area contributed by atoms with Crippen molar-refractivity contribution in [2.75, 3.05) is 40.8 Å². The number of nitrogens with zero attached hydrogens (tertiary/aromatic N) is 15. The fraction of sp³-hybridized carbons (Fsp3) is 0.340. The summed E-state index contributed by atoms with van der Waals surface area (Å²) in [5, 5.41) is 79.7. The SMILES string of the molecule is [C-]#[N+]C1=C(C2CCCCC2)Nc2[nH]ncc2C1c1cccc(C#N)c1Br.[C-]#[N+]C1=C(C2CCCCCC2)Nc2[nH]ncc2C1c1cccc(C#N)c1Br.[C-]#[N+]C1=C(CC(OC)OC)Nc2[nH]ncc2C1c1cccc2nonc12.[C-]#[N+]C1=C(CCC)Nc2[nH]nc(OC(=O)OC(C)(C)C)c2C1c1ccccc1Cl.[C-]#[N+]C1=C(CCC)Nc2[nH]ncc2C1c1cccnc1. The number of H-pyrrole nitrogens is 5. The molecule has 34 heteroatoms. The minimum atomic E-state index is -0.864. The van der Waals surface area contributed by atoms with Crippen molar-refractivity contribution in [1.82, 2.24) is 66.3 Å². The second-order valence-electron chi connectivity index (χ2n) is 32.3. The number of aromatic nitrogens is 13. The molecule has 0 radical (unpaired) electrons. The molecule has 0 spiro atoms. The molecular formula is C94H92Br2ClN25O6. The number of halogens is 3. The number of rotatable bonds is 16. The lowest BCUT2D eigenvalue weighted by Crippen LogP contribution is -2.26. The predicted molar refractivity (Wildman–Crippen MR) is 490 cm³/mol. The zero-order chi connectivity index (χ0) is 90.1. The van der Waals surface area contributed by atoms with Gasteiger partial charge in [-0.2, -0.15) is 30.9 Å². The molecule has 2 aliphatic carbocycles. The number of carbonyl (C=O) groups excluding carboxylic acids is 1. The summed E-state index contributed by atoms with van der Waals surface area (Å²) >= 11 is 13.7. The lowest BCUT2D eigenvalue weighted by atomic mass is 9.80. The molecule has 5 aliphatic heterocycles. The molecule has 5 unspecified atom stereocenters. The highest BCUT2D eigenvalue weighted by Crippen LogP contribution is 2.53. The van der Waals surface area contributed by atoms with Crippen LogP contribution in [0.3, 0.4) is 0 Å². The molecule has 11 aromatic rings. The van der Waals surface area contributed by atoms with Gasteiger partial charge in [-0.05, 0) is 171 Å². The molecule has 10 N–H and O–H groups in total. The minimum absolute atomic E-state index is 0.0587. The van der Waals surface area contributed by atoms with E-state index in [1.165, 1.54) is 44.9 Å². The zero-order valence-electron chi connectivity index (χ0n) is 71.3. The van der Waals surface area contributed by atoms with Gasteiger partial charge in [0, 0.05) is 97.7 Å². The lowest BCUT2D eigenvalue weighted by molar-refractivity contribution is -0.100. The van der Waals surface area contributed by atoms with E-state index in [1.54, 1.807) is 84.2 Å². The van der Waals surface area contributed by atoms with Gasteiger partial charge in [0.2, 0.25) is 5.88 Å². The van der Waals surface area contributed by atoms with Crippen LogP contribution in [0, 0.1) is 67.4 Å². The number of ether oxygens (including phenoxy) is 4. The fourth-order valence-electron chi connectivity index (χ4n) is 17.5. The maximum absolute atomic E-state index is 12.2. The fourth-order valence-corrected chi connectivity index (χ4v) is 18.9. The first-order chi connectivity index (χ1) is 62.3. The van der Waals surface area contributed by atoms with Gasteiger partial charge in [0.05, 0.1) is 104 Å². The summed E-state index contributed by atoms with van der Waals surface area (Å²) in [6.45, 7) is 48.4. The van der Waals surface area contributed by atoms with E-state index in [-0.39, 0.29) is 29.6 Å². The number of allylic oxidation sites excluding steroid dienone is 9. The normalized spacial score (nSPS) is 18.0. The topological polar surface area (TPSA) is 379 Å². The van der Waals surface area contributed by atoms with E-state index in [1.807, 2.05) is 85.9 Å². The Morgan fingerprint density at radius 1 is 0.523 bits per heavy atom. The van der Waals surface area contributed by atoms with Gasteiger partial charge in [-0.3, -0.25) is 30.5 Å². The van der Waals surface area contributed by atoms with E-state index in [2.05, 4.69) is 168 Å². The average Bonchev–Trinajstić information content (AvgIpc) is 1.58. The summed E-state index contributed by atoms with van der Waals surface area (Å²) in [7, 11) is 3.13. The number of carbonyl (C=O) groups is 1. The van der Waals surface area contributed by atoms with Crippen LogP contribution in [0.15, 0.2) is 199 Å². The Labute approximate surface area is 762 Å². The van der Waals surface area contributed by atoms with Gasteiger partial charge in [-0.1, -0.05) is 144 Å². The van der Waals surface area contributed by atoms with Crippen LogP contribution in [-0.4, -0.2) is 98.6 Å². The number of hydrogen-bond acceptors (Lipinski definition) is 21. The highest BCUT2D eigenvalue weighted by atomic mass is 79.9. The number of nitrogens with one attached hydrogen (secondary N) is 10. The van der Waals surface area contributed by atoms with Crippen molar-refractivity contribution in [3.63, 3.8) is 0 Å². The number of anilines is 5. The molecule has 4 aromatic carbocycles. The van der Waals surface area contributed by atoms with Crippen molar-refractivity contribution in [2.24, 2.45) is 11.8 Å². The molecule has 31 nitrogen and oxygen atoms in total. The molecule has 7 aromatic heterocycles. The largest absolute Gasteiger partial charge is 0.515 e. The van der Waals surface area contributed by atoms with Gasteiger partial charge in [0.1, 0.15) is 57.9 Å². The van der Waals surface area contributed by atoms with Crippen molar-refractivity contribution in [3.8, 4) is 18.0 Å². The van der Waals surface area contributed by atoms with Crippen LogP contribution < -0.4 is 31.3 Å². The minimum Gasteiger partial charge on any atom is -0.428 e. The number of benzene rings is 4. The Morgan fingerprint density at radius 2 is 0.977 bits per heavy atom. The van der Waals surface area contributed by atoms with Crippen molar-refractivity contribution in [3.05, 3.63) is 323 Å². The molecule has 128 heavy (non-hydrogen) atoms. The van der Waals surface area contributed by atoms with Gasteiger partial charge >= 0.3 is 6.16 Å². The van der Waals surface area contributed by atoms with E-state index >= 15 is 0 Å². The van der Waals surface area contributed by atoms with Crippen molar-refractivity contribution >= 4 is 89.7 Å². The Balaban J connectivity index is 0.000000130. The summed E-state index contributed by atoms with van der Waals surface area (Å²) in [6.07, 6.45) is 26.1. The maximum atomic E-state index is 12.2. The molecule has 0 saturated heterocycles. The first kappa shape index (κ1) is 90.3. The molecule has 5 atom stereocenters. The van der Waals surface area contributed by atoms with Crippen molar-refractivity contribution in [1.29, 1.82) is 10.5 Å². The first-order valence-corrected chi connectivity index (χ1v) is 44.1. The number of nitriles is 2. The monoisotopic (exact) mass is 1860 g/mol. The lowest BCUT2D eigenvalue weighted by Gasteiger charge is -2.32. The third kappa shape index (κ3) is 19.2. The van der Waals surface area contributed by atoms with Gasteiger partial charge in [-0.15, -0.1) is 5.10 Å². The Kier molecular flexibility index (Phi) is 29.2. The number of aromatic amines is 5. The van der Waals surface area contributed by atoms with Crippen LogP contribution in [0.25, 0.3) is 35.3 Å². The number of pyridine rings is 1. The molecule has 2 fully saturated rings. The highest BCUT2D eigenvalue weighted by molar-refractivity contribution is 9.11. The van der Waals surface area contributed by atoms with Crippen LogP contribution in [-0.2, 0) is 14.2 Å². The predicted octanol–water partition coefficient (Wildman–Crippen LogP) is 22.8. The summed E-state index contributed by atoms with van der Waals surface area (Å²) in [4.78, 5) is 35.7. The Hall–Kier alpha value is -14.0. The van der Waals surface area contributed by atoms with E-state index in [4.69, 9.17) is 68.0 Å². The van der Waals surface area contributed by atoms with Crippen LogP contribution in [0.2, 0.25) is 5.02 Å². The van der Waals surface area contributed by atoms with Gasteiger partial charge in [0.25, 0.3) is 0 Å². The Bertz CT molecular complexity index is 6390. The molecule has 650 valence electrons. The van der Waals surface area contributed by atoms with Crippen LogP contribution in [0.1, 0.15) is 234 Å². The smallest absolute Gasteiger partial charge is 0.428 e. The molecule has 18 rings (SSSR count). The quantitative estimate of drug-likeness (QED) is 0.0186. The van der Waals surface area contributed by atoms with E-state index in [9.17, 15) is 15.3 Å². The third-order valence-corrected chi connectivity index (χ3v) is 25.4. The van der Waals surface area contributed by atoms with Crippen LogP contribution in [0.4, 0.5) is 33.9 Å². The van der Waals surface area contributed by atoms with Gasteiger partial charge in [-0.25, -0.2) is 33.6 Å². The van der Waals surface area contributed by atoms with Gasteiger partial charge < -0.3 is 45.5 Å². The number of methoxy groups -OCH3 is 2. The number of hydrogen-bond donors (Lipinski definition) is 10. The summed E-state index contributed by atoms with van der Waals surface area (Å²) in [5.41, 5.74) is 18.3. The second-order valence-corrected chi connectivity index (χ2v) is 34.3. The summed E-state index contributed by atoms with van der Waals surface area (Å²) in [5.74, 6) is 3.33. The molecule has 2 saturated carbocycles. The maximum Gasteiger partial charge on any atom is 0.515 e. The standard InChI is InChI=1S/C21H20BrN5.C21H23ClN4O3.C20H18BrN5.C17H16N6O3.C15H15N5/c1-24-20-17(15-10-6-9-14(11-23)18(15)22)16-12-25-27-21(16)26-19(20)13-7-4-2-3-5-8-13;1-6-9-14-17(23-5)15(12-10-7-8-11-13(12)22)16-18(24-14)25-26-19(16)28-20(27)29-21(2,3)4;1-23-19-16(14-9-5-8-13(10-22)17(14)21)15-11-24-26-20(15)25-18(19)12-6-3-2-4-7-12;1-18-16-12(7-13(24-2)25-3)20-17-10(8-19-21-17)14(16)9-5-4-6-11-15(9)23-26-22-11;1-3-5-12-14(16-2)13(10-6-4-7-17-8-10)11-9-18-20-15(11)19-12/h6,9-10,12-13,17H,2-5,7-8H2,(H2,25,26,27);7-8,10-11,15H,6,9H2,1-4H3,(H2,24,25,26);5,8-9,11-12,16H,2-4,6-7H2,(H2,24,25,26);4-6,8,13-14H,7H2,2-3H3,(H2,19,20,21);4,6-9,13H,3,5H2,1H3,(H2,18,19,20). The molecular weight excluding hydrogens is 1770 g/mol. The first-order valence-electron chi connectivity index (χ1n) is 42.1. The molecule has 0 bridgehead atoms. The summed E-state index contributed by atoms with van der Waals surface area (Å²) in [6, 6.07) is 32.6. The van der Waals surface area contributed by atoms with Crippen LogP contribution in [0.5, 0.6) is 5.88 Å². The molecule has 12 heterocycles. The van der Waals surface area contributed by atoms with Crippen molar-refractivity contribution < 1.29 is 28.4 Å². The Morgan fingerprint density at radius 3 is 1.46 bits per heavy atom. The zero-order valence-corrected chi connectivity index (χ0v) is 75.3. The van der Waals surface area contributed by atoms with E-state index < -0.39 is 24.0 Å². The van der Waals surface area contributed by atoms with Crippen molar-refractivity contribution in [2.45, 2.75) is 179 Å².